The second-order valence-electron chi connectivity index (χ2n) is 4.94. The van der Waals surface area contributed by atoms with Gasteiger partial charge in [-0.1, -0.05) is 0 Å². The maximum atomic E-state index is 10.1. The Hall–Kier alpha value is -2.15. The summed E-state index contributed by atoms with van der Waals surface area (Å²) in [5, 5.41) is 22.1. The monoisotopic (exact) mass is 246 g/mol. The van der Waals surface area contributed by atoms with Crippen LogP contribution in [0, 0.1) is 11.3 Å². The van der Waals surface area contributed by atoms with E-state index >= 15 is 0 Å². The molecule has 18 heavy (non-hydrogen) atoms. The molecule has 0 saturated heterocycles. The fourth-order valence-electron chi connectivity index (χ4n) is 1.41. The number of nitrogens with zero attached hydrogens (tertiary/aromatic N) is 1. The molecule has 0 fully saturated rings. The van der Waals surface area contributed by atoms with Crippen molar-refractivity contribution in [1.82, 2.24) is 5.32 Å². The van der Waals surface area contributed by atoms with E-state index in [1.165, 1.54) is 0 Å². The molecule has 4 heteroatoms. The number of nitriles is 1. The average molecular weight is 246 g/mol. The van der Waals surface area contributed by atoms with Crippen molar-refractivity contribution >= 4 is 5.76 Å². The van der Waals surface area contributed by atoms with Crippen molar-refractivity contribution < 1.29 is 9.84 Å². The minimum Gasteiger partial charge on any atom is -0.504 e. The average Bonchev–Trinajstić information content (AvgIpc) is 2.34. The number of aliphatic hydroxyl groups is 1. The third kappa shape index (κ3) is 3.70. The van der Waals surface area contributed by atoms with Gasteiger partial charge in [-0.3, -0.25) is 0 Å². The zero-order valence-corrected chi connectivity index (χ0v) is 11.1. The second kappa shape index (κ2) is 5.46. The topological polar surface area (TPSA) is 65.3 Å². The standard InChI is InChI=1S/C14H18N2O2/c1-14(2,3)16-12(9-15)13(17)10-5-7-11(18-4)8-6-10/h5-8,16-17H,1-4H3/b13-12-. The molecule has 1 aromatic rings. The van der Waals surface area contributed by atoms with Gasteiger partial charge in [-0.25, -0.2) is 0 Å². The third-order valence-corrected chi connectivity index (χ3v) is 2.21. The maximum absolute atomic E-state index is 10.1. The van der Waals surface area contributed by atoms with Crippen LogP contribution in [0.4, 0.5) is 0 Å². The van der Waals surface area contributed by atoms with Crippen LogP contribution in [-0.4, -0.2) is 17.8 Å². The highest BCUT2D eigenvalue weighted by Crippen LogP contribution is 2.19. The van der Waals surface area contributed by atoms with Crippen LogP contribution >= 0.6 is 0 Å². The zero-order chi connectivity index (χ0) is 13.8. The summed E-state index contributed by atoms with van der Waals surface area (Å²) >= 11 is 0. The minimum absolute atomic E-state index is 0.0601. The fourth-order valence-corrected chi connectivity index (χ4v) is 1.41. The van der Waals surface area contributed by atoms with Crippen molar-refractivity contribution in [2.24, 2.45) is 0 Å². The lowest BCUT2D eigenvalue weighted by atomic mass is 10.1. The number of hydrogen-bond acceptors (Lipinski definition) is 4. The summed E-state index contributed by atoms with van der Waals surface area (Å²) in [7, 11) is 1.58. The lowest BCUT2D eigenvalue weighted by molar-refractivity contribution is 0.414. The third-order valence-electron chi connectivity index (χ3n) is 2.21. The number of allylic oxidation sites excluding steroid dienone is 1. The van der Waals surface area contributed by atoms with Gasteiger partial charge in [0.1, 0.15) is 11.8 Å². The van der Waals surface area contributed by atoms with Crippen molar-refractivity contribution in [3.8, 4) is 11.8 Å². The summed E-state index contributed by atoms with van der Waals surface area (Å²) in [4.78, 5) is 0. The second-order valence-corrected chi connectivity index (χ2v) is 4.94. The molecule has 4 nitrogen and oxygen atoms in total. The Morgan fingerprint density at radius 1 is 1.28 bits per heavy atom. The first kappa shape index (κ1) is 13.9. The number of aliphatic hydroxyl groups excluding tert-OH is 1. The van der Waals surface area contributed by atoms with Crippen molar-refractivity contribution in [3.05, 3.63) is 35.5 Å². The number of hydrogen-bond donors (Lipinski definition) is 2. The molecule has 2 N–H and O–H groups in total. The molecule has 96 valence electrons. The first-order valence-corrected chi connectivity index (χ1v) is 5.63. The van der Waals surface area contributed by atoms with Gasteiger partial charge in [0.2, 0.25) is 0 Å². The SMILES string of the molecule is COc1ccc(/C(O)=C(\C#N)NC(C)(C)C)cc1. The van der Waals surface area contributed by atoms with E-state index in [-0.39, 0.29) is 17.0 Å². The molecular weight excluding hydrogens is 228 g/mol. The molecule has 0 spiro atoms. The van der Waals surface area contributed by atoms with Gasteiger partial charge in [0.25, 0.3) is 0 Å². The van der Waals surface area contributed by atoms with Gasteiger partial charge in [0.15, 0.2) is 11.5 Å². The van der Waals surface area contributed by atoms with Gasteiger partial charge in [-0.2, -0.15) is 5.26 Å². The van der Waals surface area contributed by atoms with Crippen LogP contribution in [-0.2, 0) is 0 Å². The Morgan fingerprint density at radius 2 is 1.83 bits per heavy atom. The van der Waals surface area contributed by atoms with E-state index in [4.69, 9.17) is 10.00 Å². The summed E-state index contributed by atoms with van der Waals surface area (Å²) in [6.45, 7) is 5.77. The van der Waals surface area contributed by atoms with Gasteiger partial charge in [-0.05, 0) is 45.0 Å². The van der Waals surface area contributed by atoms with Crippen LogP contribution in [0.25, 0.3) is 5.76 Å². The maximum Gasteiger partial charge on any atom is 0.156 e. The molecule has 0 aliphatic carbocycles. The van der Waals surface area contributed by atoms with Gasteiger partial charge < -0.3 is 15.2 Å². The van der Waals surface area contributed by atoms with Gasteiger partial charge in [-0.15, -0.1) is 0 Å². The Labute approximate surface area is 108 Å². The van der Waals surface area contributed by atoms with Gasteiger partial charge >= 0.3 is 0 Å². The molecule has 0 heterocycles. The molecule has 0 radical (unpaired) electrons. The van der Waals surface area contributed by atoms with Gasteiger partial charge in [0.05, 0.1) is 7.11 Å². The summed E-state index contributed by atoms with van der Waals surface area (Å²) in [5.41, 5.74) is 0.447. The molecule has 0 saturated carbocycles. The summed E-state index contributed by atoms with van der Waals surface area (Å²) in [6, 6.07) is 8.85. The van der Waals surface area contributed by atoms with E-state index in [1.54, 1.807) is 31.4 Å². The highest BCUT2D eigenvalue weighted by molar-refractivity contribution is 5.65. The highest BCUT2D eigenvalue weighted by atomic mass is 16.5. The van der Waals surface area contributed by atoms with E-state index in [0.29, 0.717) is 11.3 Å². The van der Waals surface area contributed by atoms with Crippen LogP contribution in [0.1, 0.15) is 26.3 Å². The Balaban J connectivity index is 3.07. The predicted octanol–water partition coefficient (Wildman–Crippen LogP) is 2.83. The van der Waals surface area contributed by atoms with Crippen molar-refractivity contribution in [3.63, 3.8) is 0 Å². The zero-order valence-electron chi connectivity index (χ0n) is 11.1. The van der Waals surface area contributed by atoms with Crippen molar-refractivity contribution in [1.29, 1.82) is 5.26 Å². The van der Waals surface area contributed by atoms with Crippen LogP contribution in [0.5, 0.6) is 5.75 Å². The summed E-state index contributed by atoms with van der Waals surface area (Å²) in [5.74, 6) is 0.643. The molecule has 1 rings (SSSR count). The molecule has 0 bridgehead atoms. The number of benzene rings is 1. The van der Waals surface area contributed by atoms with Crippen LogP contribution in [0.2, 0.25) is 0 Å². The summed E-state index contributed by atoms with van der Waals surface area (Å²) < 4.78 is 5.04. The minimum atomic E-state index is -0.286. The van der Waals surface area contributed by atoms with E-state index in [0.717, 1.165) is 0 Å². The quantitative estimate of drug-likeness (QED) is 0.635. The Kier molecular flexibility index (Phi) is 4.22. The normalized spacial score (nSPS) is 12.4. The Morgan fingerprint density at radius 3 is 2.22 bits per heavy atom. The first-order chi connectivity index (χ1) is 8.37. The molecule has 0 aliphatic rings. The predicted molar refractivity (Wildman–Crippen MR) is 71.0 cm³/mol. The largest absolute Gasteiger partial charge is 0.504 e. The number of nitrogens with one attached hydrogen (secondary N) is 1. The highest BCUT2D eigenvalue weighted by Gasteiger charge is 2.15. The molecule has 0 amide bonds. The Bertz CT molecular complexity index is 476. The van der Waals surface area contributed by atoms with E-state index < -0.39 is 0 Å². The molecular formula is C14H18N2O2. The lowest BCUT2D eigenvalue weighted by Gasteiger charge is -2.21. The van der Waals surface area contributed by atoms with Crippen molar-refractivity contribution in [2.45, 2.75) is 26.3 Å². The van der Waals surface area contributed by atoms with Crippen LogP contribution in [0.3, 0.4) is 0 Å². The molecule has 1 aromatic carbocycles. The van der Waals surface area contributed by atoms with Crippen LogP contribution in [0.15, 0.2) is 30.0 Å². The van der Waals surface area contributed by atoms with Gasteiger partial charge in [0, 0.05) is 11.1 Å². The van der Waals surface area contributed by atoms with Crippen LogP contribution < -0.4 is 10.1 Å². The van der Waals surface area contributed by atoms with E-state index in [1.807, 2.05) is 26.8 Å². The molecule has 0 unspecified atom stereocenters. The smallest absolute Gasteiger partial charge is 0.156 e. The van der Waals surface area contributed by atoms with Crippen molar-refractivity contribution in [2.75, 3.05) is 7.11 Å². The molecule has 0 aliphatic heterocycles. The molecule has 0 aromatic heterocycles. The van der Waals surface area contributed by atoms with E-state index in [2.05, 4.69) is 5.32 Å². The number of methoxy groups -OCH3 is 1. The first-order valence-electron chi connectivity index (χ1n) is 5.63. The van der Waals surface area contributed by atoms with E-state index in [9.17, 15) is 5.11 Å². The lowest BCUT2D eigenvalue weighted by Crippen LogP contribution is -2.35. The summed E-state index contributed by atoms with van der Waals surface area (Å²) in [6.07, 6.45) is 0. The number of rotatable bonds is 3. The number of ether oxygens (including phenoxy) is 1. The fraction of sp³-hybridized carbons (Fsp3) is 0.357. The molecule has 0 atom stereocenters.